The fourth-order valence-corrected chi connectivity index (χ4v) is 3.16. The number of ether oxygens (including phenoxy) is 1. The molecule has 1 aliphatic carbocycles. The molecule has 94 valence electrons. The molecule has 3 N–H and O–H groups in total. The zero-order valence-corrected chi connectivity index (χ0v) is 10.8. The first kappa shape index (κ1) is 12.5. The number of rotatable bonds is 4. The summed E-state index contributed by atoms with van der Waals surface area (Å²) >= 11 is 1.77. The topological polar surface area (TPSA) is 64.3 Å². The second-order valence-corrected chi connectivity index (χ2v) is 5.32. The molecule has 0 saturated heterocycles. The maximum Gasteiger partial charge on any atom is 0.239 e. The lowest BCUT2D eigenvalue weighted by atomic mass is 9.94. The van der Waals surface area contributed by atoms with E-state index < -0.39 is 6.04 Å². The van der Waals surface area contributed by atoms with Gasteiger partial charge in [-0.2, -0.15) is 0 Å². The third-order valence-electron chi connectivity index (χ3n) is 3.05. The molecule has 0 bridgehead atoms. The van der Waals surface area contributed by atoms with Gasteiger partial charge in [0.25, 0.3) is 0 Å². The number of nitrogens with two attached hydrogens (primary N) is 1. The Labute approximate surface area is 105 Å². The molecule has 4 nitrogen and oxygen atoms in total. The van der Waals surface area contributed by atoms with Crippen molar-refractivity contribution in [3.8, 4) is 0 Å². The molecule has 0 spiro atoms. The number of carbonyl (C=O) groups is 1. The molecule has 1 aromatic rings. The van der Waals surface area contributed by atoms with Crippen molar-refractivity contribution >= 4 is 17.2 Å². The molecule has 1 amide bonds. The summed E-state index contributed by atoms with van der Waals surface area (Å²) in [5.74, 6) is -0.129. The van der Waals surface area contributed by atoms with Gasteiger partial charge in [0.1, 0.15) is 6.04 Å². The van der Waals surface area contributed by atoms with Gasteiger partial charge in [0.05, 0.1) is 12.6 Å². The van der Waals surface area contributed by atoms with Crippen LogP contribution in [0.25, 0.3) is 0 Å². The van der Waals surface area contributed by atoms with E-state index in [0.717, 1.165) is 19.3 Å². The molecule has 0 fully saturated rings. The number of carbonyl (C=O) groups excluding carboxylic acids is 1. The minimum atomic E-state index is -0.580. The molecule has 0 aromatic carbocycles. The van der Waals surface area contributed by atoms with Gasteiger partial charge in [0.15, 0.2) is 0 Å². The van der Waals surface area contributed by atoms with Crippen LogP contribution in [-0.2, 0) is 16.0 Å². The number of aryl methyl sites for hydroxylation is 1. The van der Waals surface area contributed by atoms with Crippen molar-refractivity contribution in [1.29, 1.82) is 0 Å². The Morgan fingerprint density at radius 3 is 3.35 bits per heavy atom. The van der Waals surface area contributed by atoms with Crippen molar-refractivity contribution < 1.29 is 9.53 Å². The van der Waals surface area contributed by atoms with Crippen LogP contribution >= 0.6 is 11.3 Å². The van der Waals surface area contributed by atoms with E-state index in [4.69, 9.17) is 10.5 Å². The van der Waals surface area contributed by atoms with E-state index in [0.29, 0.717) is 0 Å². The molecule has 17 heavy (non-hydrogen) atoms. The minimum absolute atomic E-state index is 0.125. The summed E-state index contributed by atoms with van der Waals surface area (Å²) in [5, 5.41) is 5.10. The number of methoxy groups -OCH3 is 1. The summed E-state index contributed by atoms with van der Waals surface area (Å²) in [5.41, 5.74) is 6.97. The Morgan fingerprint density at radius 2 is 2.59 bits per heavy atom. The lowest BCUT2D eigenvalue weighted by molar-refractivity contribution is -0.124. The fourth-order valence-electron chi connectivity index (χ4n) is 2.17. The average Bonchev–Trinajstić information content (AvgIpc) is 2.78. The second-order valence-electron chi connectivity index (χ2n) is 4.31. The third-order valence-corrected chi connectivity index (χ3v) is 4.05. The molecule has 2 unspecified atom stereocenters. The monoisotopic (exact) mass is 254 g/mol. The van der Waals surface area contributed by atoms with E-state index in [1.807, 2.05) is 0 Å². The standard InChI is InChI=1S/C12H18N2O2S/c1-16-7-9(13)12(15)14-10-3-2-4-11-8(10)5-6-17-11/h5-6,9-10H,2-4,7,13H2,1H3,(H,14,15). The summed E-state index contributed by atoms with van der Waals surface area (Å²) < 4.78 is 4.88. The van der Waals surface area contributed by atoms with Gasteiger partial charge >= 0.3 is 0 Å². The highest BCUT2D eigenvalue weighted by atomic mass is 32.1. The molecule has 0 radical (unpaired) electrons. The van der Waals surface area contributed by atoms with E-state index >= 15 is 0 Å². The van der Waals surface area contributed by atoms with Crippen molar-refractivity contribution in [2.75, 3.05) is 13.7 Å². The first-order valence-electron chi connectivity index (χ1n) is 5.83. The molecule has 0 aliphatic heterocycles. The second kappa shape index (κ2) is 5.62. The Bertz CT molecular complexity index is 392. The van der Waals surface area contributed by atoms with E-state index in [9.17, 15) is 4.79 Å². The molecule has 0 saturated carbocycles. The molecular weight excluding hydrogens is 236 g/mol. The smallest absolute Gasteiger partial charge is 0.239 e. The number of nitrogens with one attached hydrogen (secondary N) is 1. The normalized spacial score (nSPS) is 20.7. The van der Waals surface area contributed by atoms with Gasteiger partial charge in [0, 0.05) is 12.0 Å². The SMILES string of the molecule is COCC(N)C(=O)NC1CCCc2sccc21. The summed E-state index contributed by atoms with van der Waals surface area (Å²) in [6.07, 6.45) is 3.25. The molecule has 1 heterocycles. The van der Waals surface area contributed by atoms with Crippen molar-refractivity contribution in [3.63, 3.8) is 0 Å². The minimum Gasteiger partial charge on any atom is -0.383 e. The van der Waals surface area contributed by atoms with Crippen LogP contribution in [0.4, 0.5) is 0 Å². The number of amides is 1. The van der Waals surface area contributed by atoms with E-state index in [-0.39, 0.29) is 18.6 Å². The summed E-state index contributed by atoms with van der Waals surface area (Å²) in [4.78, 5) is 13.2. The molecule has 1 aliphatic rings. The zero-order chi connectivity index (χ0) is 12.3. The highest BCUT2D eigenvalue weighted by molar-refractivity contribution is 7.10. The van der Waals surface area contributed by atoms with Gasteiger partial charge in [-0.15, -0.1) is 11.3 Å². The van der Waals surface area contributed by atoms with E-state index in [2.05, 4.69) is 16.8 Å². The van der Waals surface area contributed by atoms with Gasteiger partial charge in [-0.05, 0) is 36.3 Å². The van der Waals surface area contributed by atoms with Gasteiger partial charge in [-0.1, -0.05) is 0 Å². The maximum absolute atomic E-state index is 11.8. The van der Waals surface area contributed by atoms with Gasteiger partial charge < -0.3 is 15.8 Å². The number of hydrogen-bond acceptors (Lipinski definition) is 4. The molecule has 2 rings (SSSR count). The third kappa shape index (κ3) is 2.86. The lowest BCUT2D eigenvalue weighted by Crippen LogP contribution is -2.45. The van der Waals surface area contributed by atoms with Crippen LogP contribution < -0.4 is 11.1 Å². The Balaban J connectivity index is 1.99. The first-order valence-corrected chi connectivity index (χ1v) is 6.71. The van der Waals surface area contributed by atoms with Crippen LogP contribution in [0.1, 0.15) is 29.3 Å². The first-order chi connectivity index (χ1) is 8.22. The highest BCUT2D eigenvalue weighted by Gasteiger charge is 2.24. The molecule has 2 atom stereocenters. The largest absolute Gasteiger partial charge is 0.383 e. The molecule has 5 heteroatoms. The average molecular weight is 254 g/mol. The van der Waals surface area contributed by atoms with Gasteiger partial charge in [0.2, 0.25) is 5.91 Å². The van der Waals surface area contributed by atoms with E-state index in [1.54, 1.807) is 18.4 Å². The Hall–Kier alpha value is -0.910. The highest BCUT2D eigenvalue weighted by Crippen LogP contribution is 2.33. The van der Waals surface area contributed by atoms with Crippen LogP contribution in [0.5, 0.6) is 0 Å². The fraction of sp³-hybridized carbons (Fsp3) is 0.583. The number of fused-ring (bicyclic) bond motifs is 1. The quantitative estimate of drug-likeness (QED) is 0.849. The number of thiophene rings is 1. The summed E-state index contributed by atoms with van der Waals surface area (Å²) in [6, 6.07) is 1.65. The predicted molar refractivity (Wildman–Crippen MR) is 68.0 cm³/mol. The van der Waals surface area contributed by atoms with Gasteiger partial charge in [-0.25, -0.2) is 0 Å². The van der Waals surface area contributed by atoms with E-state index in [1.165, 1.54) is 10.4 Å². The van der Waals surface area contributed by atoms with Crippen LogP contribution in [0.2, 0.25) is 0 Å². The predicted octanol–water partition coefficient (Wildman–Crippen LogP) is 1.22. The zero-order valence-electron chi connectivity index (χ0n) is 9.94. The summed E-state index contributed by atoms with van der Waals surface area (Å²) in [6.45, 7) is 0.259. The maximum atomic E-state index is 11.8. The van der Waals surface area contributed by atoms with Crippen molar-refractivity contribution in [3.05, 3.63) is 21.9 Å². The Morgan fingerprint density at radius 1 is 1.76 bits per heavy atom. The van der Waals surface area contributed by atoms with Crippen molar-refractivity contribution in [1.82, 2.24) is 5.32 Å². The molecule has 1 aromatic heterocycles. The van der Waals surface area contributed by atoms with Crippen LogP contribution in [0.15, 0.2) is 11.4 Å². The lowest BCUT2D eigenvalue weighted by Gasteiger charge is -2.25. The van der Waals surface area contributed by atoms with Crippen molar-refractivity contribution in [2.45, 2.75) is 31.3 Å². The van der Waals surface area contributed by atoms with Crippen LogP contribution in [0, 0.1) is 0 Å². The molecular formula is C12H18N2O2S. The van der Waals surface area contributed by atoms with Crippen LogP contribution in [0.3, 0.4) is 0 Å². The van der Waals surface area contributed by atoms with Crippen molar-refractivity contribution in [2.24, 2.45) is 5.73 Å². The van der Waals surface area contributed by atoms with Crippen LogP contribution in [-0.4, -0.2) is 25.7 Å². The van der Waals surface area contributed by atoms with Gasteiger partial charge in [-0.3, -0.25) is 4.79 Å². The summed E-state index contributed by atoms with van der Waals surface area (Å²) in [7, 11) is 1.55. The Kier molecular flexibility index (Phi) is 4.15. The number of hydrogen-bond donors (Lipinski definition) is 2.